The summed E-state index contributed by atoms with van der Waals surface area (Å²) < 4.78 is 58.5. The van der Waals surface area contributed by atoms with Crippen LogP contribution in [0.3, 0.4) is 0 Å². The molecule has 5 heterocycles. The van der Waals surface area contributed by atoms with Gasteiger partial charge in [-0.25, -0.2) is 19.2 Å². The molecule has 0 aliphatic carbocycles. The molecular formula is C35H37F4N5O6. The van der Waals surface area contributed by atoms with E-state index >= 15 is 0 Å². The number of aliphatic hydroxyl groups excluding tert-OH is 1. The van der Waals surface area contributed by atoms with Gasteiger partial charge in [0, 0.05) is 61.2 Å². The number of fused-ring (bicyclic) bond motifs is 3. The van der Waals surface area contributed by atoms with Gasteiger partial charge >= 0.3 is 18.1 Å². The number of carbonyl (C=O) groups excluding carboxylic acids is 1. The van der Waals surface area contributed by atoms with Crippen LogP contribution < -0.4 is 14.4 Å². The fraction of sp³-hybridized carbons (Fsp3) is 0.457. The van der Waals surface area contributed by atoms with Crippen LogP contribution in [0.15, 0.2) is 42.6 Å². The van der Waals surface area contributed by atoms with E-state index in [1.807, 2.05) is 48.2 Å². The number of carboxylic acids is 1. The van der Waals surface area contributed by atoms with E-state index in [-0.39, 0.29) is 5.54 Å². The van der Waals surface area contributed by atoms with Gasteiger partial charge in [-0.1, -0.05) is 24.3 Å². The maximum atomic E-state index is 14.5. The number of hydrogen-bond acceptors (Lipinski definition) is 10. The summed E-state index contributed by atoms with van der Waals surface area (Å²) in [6, 6.07) is 11.6. The van der Waals surface area contributed by atoms with E-state index in [4.69, 9.17) is 29.3 Å². The molecule has 4 aromatic rings. The molecular weight excluding hydrogens is 662 g/mol. The molecule has 2 aromatic carbocycles. The summed E-state index contributed by atoms with van der Waals surface area (Å²) >= 11 is 0. The van der Waals surface area contributed by atoms with Crippen molar-refractivity contribution in [2.75, 3.05) is 37.7 Å². The Hall–Kier alpha value is -4.63. The Morgan fingerprint density at radius 1 is 1.06 bits per heavy atom. The third kappa shape index (κ3) is 7.29. The Labute approximate surface area is 284 Å². The molecule has 266 valence electrons. The lowest BCUT2D eigenvalue weighted by molar-refractivity contribution is -0.192. The summed E-state index contributed by atoms with van der Waals surface area (Å²) in [6.45, 7) is 6.23. The zero-order valence-corrected chi connectivity index (χ0v) is 27.5. The number of aromatic nitrogens is 3. The van der Waals surface area contributed by atoms with Crippen molar-refractivity contribution in [2.45, 2.75) is 69.9 Å². The predicted molar refractivity (Wildman–Crippen MR) is 176 cm³/mol. The summed E-state index contributed by atoms with van der Waals surface area (Å²) in [7, 11) is 0. The minimum absolute atomic E-state index is 0.308. The number of nitrogens with zero attached hydrogens (tertiary/aromatic N) is 5. The molecule has 3 fully saturated rings. The van der Waals surface area contributed by atoms with Gasteiger partial charge in [0.2, 0.25) is 5.95 Å². The fourth-order valence-corrected chi connectivity index (χ4v) is 7.17. The second kappa shape index (κ2) is 13.9. The number of carbonyl (C=O) groups is 2. The Morgan fingerprint density at radius 3 is 2.50 bits per heavy atom. The van der Waals surface area contributed by atoms with Crippen molar-refractivity contribution >= 4 is 39.6 Å². The Kier molecular flexibility index (Phi) is 9.82. The first-order valence-corrected chi connectivity index (χ1v) is 16.4. The molecule has 15 heteroatoms. The number of pyridine rings is 1. The van der Waals surface area contributed by atoms with Gasteiger partial charge in [-0.05, 0) is 56.7 Å². The summed E-state index contributed by atoms with van der Waals surface area (Å²) in [4.78, 5) is 39.8. The monoisotopic (exact) mass is 699 g/mol. The second-order valence-electron chi connectivity index (χ2n) is 13.0. The Bertz CT molecular complexity index is 1930. The van der Waals surface area contributed by atoms with Crippen LogP contribution in [0.4, 0.5) is 23.5 Å². The highest BCUT2D eigenvalue weighted by Crippen LogP contribution is 2.45. The topological polar surface area (TPSA) is 138 Å². The summed E-state index contributed by atoms with van der Waals surface area (Å²) in [5.74, 6) is -1.85. The van der Waals surface area contributed by atoms with Gasteiger partial charge in [-0.3, -0.25) is 14.7 Å². The van der Waals surface area contributed by atoms with Crippen LogP contribution >= 0.6 is 0 Å². The summed E-state index contributed by atoms with van der Waals surface area (Å²) in [5.41, 5.74) is 2.64. The lowest BCUT2D eigenvalue weighted by atomic mass is 9.94. The van der Waals surface area contributed by atoms with Crippen molar-refractivity contribution in [3.63, 3.8) is 0 Å². The maximum absolute atomic E-state index is 14.5. The number of ether oxygens (including phenoxy) is 2. The van der Waals surface area contributed by atoms with Crippen LogP contribution in [0, 0.1) is 6.92 Å². The van der Waals surface area contributed by atoms with Crippen LogP contribution in [0.5, 0.6) is 11.5 Å². The van der Waals surface area contributed by atoms with Gasteiger partial charge in [0.15, 0.2) is 11.5 Å². The average molecular weight is 700 g/mol. The number of aliphatic hydroxyl groups is 1. The lowest BCUT2D eigenvalue weighted by Crippen LogP contribution is -2.43. The number of esters is 1. The number of alkyl halides is 4. The number of benzene rings is 2. The largest absolute Gasteiger partial charge is 0.490 e. The molecule has 50 heavy (non-hydrogen) atoms. The Balaban J connectivity index is 0.000000561. The van der Waals surface area contributed by atoms with Gasteiger partial charge in [0.1, 0.15) is 12.8 Å². The number of aryl methyl sites for hydroxylation is 1. The molecule has 3 aliphatic heterocycles. The van der Waals surface area contributed by atoms with Crippen LogP contribution in [-0.2, 0) is 9.59 Å². The average Bonchev–Trinajstić information content (AvgIpc) is 3.58. The SMILES string of the molecule is CC(=O)Oc1cc(-c2cc3nc(N4CCC[C@@H](O)C4)ncc3c(C)n2)c2ccccc2c1OC[C@@]12CCCN1C[C@H](F)C2.O=C(O)C(F)(F)F. The smallest absolute Gasteiger partial charge is 0.487 e. The third-order valence-corrected chi connectivity index (χ3v) is 9.42. The quantitative estimate of drug-likeness (QED) is 0.147. The lowest BCUT2D eigenvalue weighted by Gasteiger charge is -2.32. The van der Waals surface area contributed by atoms with E-state index in [1.54, 1.807) is 6.20 Å². The molecule has 2 aromatic heterocycles. The molecule has 2 N–H and O–H groups in total. The fourth-order valence-electron chi connectivity index (χ4n) is 7.17. The molecule has 0 spiro atoms. The zero-order chi connectivity index (χ0) is 35.8. The number of β-amino-alcohol motifs (C(OH)–C–C–N with tert-alkyl or cyclic N) is 1. The maximum Gasteiger partial charge on any atom is 0.490 e. The van der Waals surface area contributed by atoms with Crippen molar-refractivity contribution in [3.8, 4) is 22.8 Å². The second-order valence-corrected chi connectivity index (χ2v) is 13.0. The van der Waals surface area contributed by atoms with E-state index in [0.29, 0.717) is 49.3 Å². The van der Waals surface area contributed by atoms with Gasteiger partial charge in [-0.15, -0.1) is 0 Å². The molecule has 0 radical (unpaired) electrons. The summed E-state index contributed by atoms with van der Waals surface area (Å²) in [5, 5.41) is 19.8. The zero-order valence-electron chi connectivity index (χ0n) is 27.5. The first-order chi connectivity index (χ1) is 23.7. The molecule has 0 unspecified atom stereocenters. The minimum Gasteiger partial charge on any atom is -0.487 e. The van der Waals surface area contributed by atoms with Crippen LogP contribution in [0.1, 0.15) is 44.7 Å². The van der Waals surface area contributed by atoms with Gasteiger partial charge in [0.05, 0.1) is 22.9 Å². The Morgan fingerprint density at radius 2 is 1.80 bits per heavy atom. The highest BCUT2D eigenvalue weighted by atomic mass is 19.4. The normalized spacial score (nSPS) is 22.3. The number of halogens is 4. The van der Waals surface area contributed by atoms with Crippen LogP contribution in [0.2, 0.25) is 0 Å². The van der Waals surface area contributed by atoms with Gasteiger partial charge in [0.25, 0.3) is 0 Å². The van der Waals surface area contributed by atoms with Gasteiger partial charge in [-0.2, -0.15) is 13.2 Å². The minimum atomic E-state index is -5.08. The van der Waals surface area contributed by atoms with E-state index in [9.17, 15) is 27.5 Å². The summed E-state index contributed by atoms with van der Waals surface area (Å²) in [6.07, 6.45) is -0.524. The van der Waals surface area contributed by atoms with E-state index < -0.39 is 30.4 Å². The van der Waals surface area contributed by atoms with Crippen molar-refractivity contribution in [1.29, 1.82) is 0 Å². The highest BCUT2D eigenvalue weighted by molar-refractivity contribution is 6.03. The number of carboxylic acid groups (broad SMARTS) is 1. The molecule has 3 aliphatic rings. The molecule has 3 atom stereocenters. The number of piperidine rings is 1. The third-order valence-electron chi connectivity index (χ3n) is 9.42. The van der Waals surface area contributed by atoms with Crippen LogP contribution in [-0.4, -0.2) is 98.8 Å². The molecule has 0 amide bonds. The standard InChI is InChI=1S/C33H36FN5O4.C2HF3O2/c1-20-27-16-35-32(38-11-5-7-23(41)18-38)37-29(27)14-28(36-20)26-13-30(43-21(2)40)31(25-9-4-3-8-24(25)26)42-19-33-10-6-12-39(33)17-22(34)15-33;3-2(4,5)1(6)7/h3-4,8-9,13-14,16,22-23,41H,5-7,10-12,15,17-19H2,1-2H3;(H,6,7)/t22-,23-,33+;/m1./s1. The number of rotatable bonds is 6. The number of anilines is 1. The van der Waals surface area contributed by atoms with Crippen molar-refractivity contribution in [2.24, 2.45) is 0 Å². The first kappa shape index (κ1) is 35.2. The number of aliphatic carboxylic acids is 1. The number of hydrogen-bond donors (Lipinski definition) is 2. The van der Waals surface area contributed by atoms with Crippen molar-refractivity contribution in [3.05, 3.63) is 48.3 Å². The predicted octanol–water partition coefficient (Wildman–Crippen LogP) is 5.63. The molecule has 0 saturated carbocycles. The molecule has 0 bridgehead atoms. The molecule has 7 rings (SSSR count). The molecule has 3 saturated heterocycles. The van der Waals surface area contributed by atoms with Crippen molar-refractivity contribution in [1.82, 2.24) is 19.9 Å². The van der Waals surface area contributed by atoms with E-state index in [1.165, 1.54) is 6.92 Å². The first-order valence-electron chi connectivity index (χ1n) is 16.4. The van der Waals surface area contributed by atoms with E-state index in [0.717, 1.165) is 71.7 Å². The van der Waals surface area contributed by atoms with Crippen LogP contribution in [0.25, 0.3) is 32.9 Å². The highest BCUT2D eigenvalue weighted by Gasteiger charge is 2.49. The van der Waals surface area contributed by atoms with Crippen molar-refractivity contribution < 1.29 is 46.8 Å². The van der Waals surface area contributed by atoms with Gasteiger partial charge < -0.3 is 24.6 Å². The molecule has 11 nitrogen and oxygen atoms in total. The van der Waals surface area contributed by atoms with E-state index in [2.05, 4.69) is 9.88 Å².